The van der Waals surface area contributed by atoms with Gasteiger partial charge in [-0.05, 0) is 35.0 Å². The zero-order valence-electron chi connectivity index (χ0n) is 11.9. The number of methoxy groups -OCH3 is 2. The van der Waals surface area contributed by atoms with Gasteiger partial charge in [-0.2, -0.15) is 5.10 Å². The van der Waals surface area contributed by atoms with E-state index in [1.54, 1.807) is 24.5 Å². The minimum absolute atomic E-state index is 0.156. The third-order valence-corrected chi connectivity index (χ3v) is 3.86. The van der Waals surface area contributed by atoms with Crippen molar-refractivity contribution in [2.75, 3.05) is 14.2 Å². The lowest BCUT2D eigenvalue weighted by Gasteiger charge is -2.14. The number of amides is 1. The summed E-state index contributed by atoms with van der Waals surface area (Å²) in [4.78, 5) is 12.3. The van der Waals surface area contributed by atoms with Crippen molar-refractivity contribution in [1.82, 2.24) is 15.5 Å². The van der Waals surface area contributed by atoms with E-state index in [4.69, 9.17) is 9.47 Å². The molecule has 2 N–H and O–H groups in total. The molecule has 0 aliphatic carbocycles. The third kappa shape index (κ3) is 3.36. The van der Waals surface area contributed by atoms with Crippen LogP contribution in [0.5, 0.6) is 11.5 Å². The maximum Gasteiger partial charge on any atom is 0.252 e. The Morgan fingerprint density at radius 3 is 2.43 bits per heavy atom. The maximum atomic E-state index is 12.3. The molecule has 0 saturated heterocycles. The van der Waals surface area contributed by atoms with Gasteiger partial charge in [-0.15, -0.1) is 0 Å². The lowest BCUT2D eigenvalue weighted by molar-refractivity contribution is 0.0939. The van der Waals surface area contributed by atoms with Crippen molar-refractivity contribution in [3.63, 3.8) is 0 Å². The van der Waals surface area contributed by atoms with E-state index in [-0.39, 0.29) is 11.9 Å². The van der Waals surface area contributed by atoms with Crippen LogP contribution in [0.4, 0.5) is 0 Å². The van der Waals surface area contributed by atoms with Crippen LogP contribution >= 0.6 is 15.9 Å². The fourth-order valence-electron chi connectivity index (χ4n) is 1.86. The molecule has 0 spiro atoms. The van der Waals surface area contributed by atoms with Crippen LogP contribution < -0.4 is 14.8 Å². The predicted octanol–water partition coefficient (Wildman–Crippen LogP) is 2.68. The molecule has 0 saturated carbocycles. The molecule has 0 aliphatic heterocycles. The second-order valence-corrected chi connectivity index (χ2v) is 5.21. The summed E-state index contributed by atoms with van der Waals surface area (Å²) in [6.07, 6.45) is 3.42. The van der Waals surface area contributed by atoms with Gasteiger partial charge in [0, 0.05) is 17.3 Å². The number of aromatic amines is 1. The Morgan fingerprint density at radius 1 is 1.33 bits per heavy atom. The summed E-state index contributed by atoms with van der Waals surface area (Å²) in [7, 11) is 3.07. The summed E-state index contributed by atoms with van der Waals surface area (Å²) >= 11 is 3.37. The number of carbonyl (C=O) groups is 1. The van der Waals surface area contributed by atoms with Crippen molar-refractivity contribution in [3.8, 4) is 11.5 Å². The lowest BCUT2D eigenvalue weighted by Crippen LogP contribution is -2.26. The first-order valence-electron chi connectivity index (χ1n) is 6.28. The molecule has 112 valence electrons. The maximum absolute atomic E-state index is 12.3. The summed E-state index contributed by atoms with van der Waals surface area (Å²) in [5.74, 6) is 0.860. The number of benzene rings is 1. The van der Waals surface area contributed by atoms with E-state index in [1.165, 1.54) is 14.2 Å². The van der Waals surface area contributed by atoms with Gasteiger partial charge in [0.1, 0.15) is 16.0 Å². The Labute approximate surface area is 131 Å². The molecule has 0 fully saturated rings. The monoisotopic (exact) mass is 353 g/mol. The van der Waals surface area contributed by atoms with Gasteiger partial charge in [-0.25, -0.2) is 0 Å². The van der Waals surface area contributed by atoms with Gasteiger partial charge in [0.25, 0.3) is 5.91 Å². The van der Waals surface area contributed by atoms with E-state index in [0.29, 0.717) is 21.5 Å². The average Bonchev–Trinajstić information content (AvgIpc) is 3.01. The van der Waals surface area contributed by atoms with Gasteiger partial charge in [-0.1, -0.05) is 0 Å². The van der Waals surface area contributed by atoms with Crippen molar-refractivity contribution in [1.29, 1.82) is 0 Å². The van der Waals surface area contributed by atoms with Crippen molar-refractivity contribution in [2.45, 2.75) is 13.0 Å². The summed E-state index contributed by atoms with van der Waals surface area (Å²) in [6, 6.07) is 3.16. The zero-order chi connectivity index (χ0) is 15.4. The minimum Gasteiger partial charge on any atom is -0.495 e. The van der Waals surface area contributed by atoms with Gasteiger partial charge in [0.15, 0.2) is 0 Å². The molecule has 0 aliphatic rings. The van der Waals surface area contributed by atoms with Crippen molar-refractivity contribution in [3.05, 3.63) is 40.1 Å². The van der Waals surface area contributed by atoms with Crippen LogP contribution in [0.1, 0.15) is 28.9 Å². The van der Waals surface area contributed by atoms with E-state index in [1.807, 2.05) is 6.92 Å². The molecular formula is C14H16BrN3O3. The van der Waals surface area contributed by atoms with E-state index >= 15 is 0 Å². The molecule has 0 radical (unpaired) electrons. The largest absolute Gasteiger partial charge is 0.495 e. The number of halogens is 1. The first kappa shape index (κ1) is 15.4. The molecule has 1 aromatic heterocycles. The molecule has 0 bridgehead atoms. The summed E-state index contributed by atoms with van der Waals surface area (Å²) < 4.78 is 11.1. The lowest BCUT2D eigenvalue weighted by atomic mass is 10.1. The highest BCUT2D eigenvalue weighted by Gasteiger charge is 2.17. The molecule has 1 amide bonds. The smallest absolute Gasteiger partial charge is 0.252 e. The molecule has 6 nitrogen and oxygen atoms in total. The Kier molecular flexibility index (Phi) is 4.85. The SMILES string of the molecule is COc1cc(C(=O)NC(C)c2cn[nH]c2)cc(OC)c1Br. The van der Waals surface area contributed by atoms with Crippen LogP contribution in [-0.4, -0.2) is 30.3 Å². The Morgan fingerprint density at radius 2 is 1.95 bits per heavy atom. The Hall–Kier alpha value is -2.02. The van der Waals surface area contributed by atoms with Crippen LogP contribution in [0.2, 0.25) is 0 Å². The first-order chi connectivity index (χ1) is 10.1. The average molecular weight is 354 g/mol. The number of nitrogens with one attached hydrogen (secondary N) is 2. The Bertz CT molecular complexity index is 603. The second kappa shape index (κ2) is 6.62. The first-order valence-corrected chi connectivity index (χ1v) is 7.07. The molecule has 1 heterocycles. The van der Waals surface area contributed by atoms with Crippen LogP contribution in [0, 0.1) is 0 Å². The quantitative estimate of drug-likeness (QED) is 0.866. The number of hydrogen-bond acceptors (Lipinski definition) is 4. The molecule has 21 heavy (non-hydrogen) atoms. The van der Waals surface area contributed by atoms with Crippen molar-refractivity contribution >= 4 is 21.8 Å². The third-order valence-electron chi connectivity index (χ3n) is 3.07. The molecule has 1 atom stereocenters. The van der Waals surface area contributed by atoms with E-state index < -0.39 is 0 Å². The normalized spacial score (nSPS) is 11.8. The van der Waals surface area contributed by atoms with E-state index in [9.17, 15) is 4.79 Å². The highest BCUT2D eigenvalue weighted by molar-refractivity contribution is 9.10. The fraction of sp³-hybridized carbons (Fsp3) is 0.286. The van der Waals surface area contributed by atoms with E-state index in [0.717, 1.165) is 5.56 Å². The number of rotatable bonds is 5. The standard InChI is InChI=1S/C14H16BrN3O3/c1-8(10-6-16-17-7-10)18-14(19)9-4-11(20-2)13(15)12(5-9)21-3/h4-8H,1-3H3,(H,16,17)(H,18,19). The van der Waals surface area contributed by atoms with Gasteiger partial charge in [0.2, 0.25) is 0 Å². The topological polar surface area (TPSA) is 76.2 Å². The van der Waals surface area contributed by atoms with Crippen LogP contribution in [-0.2, 0) is 0 Å². The Balaban J connectivity index is 2.23. The fourth-order valence-corrected chi connectivity index (χ4v) is 2.41. The molecule has 7 heteroatoms. The van der Waals surface area contributed by atoms with Crippen LogP contribution in [0.3, 0.4) is 0 Å². The number of hydrogen-bond donors (Lipinski definition) is 2. The highest BCUT2D eigenvalue weighted by atomic mass is 79.9. The molecule has 2 rings (SSSR count). The van der Waals surface area contributed by atoms with Gasteiger partial charge in [0.05, 0.1) is 26.5 Å². The van der Waals surface area contributed by atoms with Crippen LogP contribution in [0.25, 0.3) is 0 Å². The summed E-state index contributed by atoms with van der Waals surface area (Å²) in [5, 5.41) is 9.48. The molecule has 2 aromatic rings. The number of H-pyrrole nitrogens is 1. The zero-order valence-corrected chi connectivity index (χ0v) is 13.5. The number of carbonyl (C=O) groups excluding carboxylic acids is 1. The number of nitrogens with zero attached hydrogens (tertiary/aromatic N) is 1. The summed E-state index contributed by atoms with van der Waals surface area (Å²) in [6.45, 7) is 1.88. The highest BCUT2D eigenvalue weighted by Crippen LogP contribution is 2.35. The summed E-state index contributed by atoms with van der Waals surface area (Å²) in [5.41, 5.74) is 1.36. The second-order valence-electron chi connectivity index (χ2n) is 4.42. The van der Waals surface area contributed by atoms with Gasteiger partial charge >= 0.3 is 0 Å². The molecule has 1 aromatic carbocycles. The number of ether oxygens (including phenoxy) is 2. The van der Waals surface area contributed by atoms with Crippen LogP contribution in [0.15, 0.2) is 29.0 Å². The predicted molar refractivity (Wildman–Crippen MR) is 81.7 cm³/mol. The van der Waals surface area contributed by atoms with Crippen molar-refractivity contribution < 1.29 is 14.3 Å². The molecular weight excluding hydrogens is 338 g/mol. The van der Waals surface area contributed by atoms with E-state index in [2.05, 4.69) is 31.4 Å². The molecule has 1 unspecified atom stereocenters. The minimum atomic E-state index is -0.215. The number of aromatic nitrogens is 2. The van der Waals surface area contributed by atoms with Crippen molar-refractivity contribution in [2.24, 2.45) is 0 Å². The van der Waals surface area contributed by atoms with Gasteiger partial charge < -0.3 is 14.8 Å². The van der Waals surface area contributed by atoms with Gasteiger partial charge in [-0.3, -0.25) is 9.89 Å².